The number of carbonyl (C=O) groups is 1. The molecular formula is C27H42N4O3S. The summed E-state index contributed by atoms with van der Waals surface area (Å²) in [6.07, 6.45) is 12.1. The third-order valence-electron chi connectivity index (χ3n) is 9.40. The molecule has 0 radical (unpaired) electrons. The Bertz CT molecular complexity index is 1020. The first-order valence-corrected chi connectivity index (χ1v) is 15.3. The molecule has 5 rings (SSSR count). The van der Waals surface area contributed by atoms with Gasteiger partial charge >= 0.3 is 6.03 Å². The summed E-state index contributed by atoms with van der Waals surface area (Å²) in [5, 5.41) is 3.23. The first kappa shape index (κ1) is 25.0. The van der Waals surface area contributed by atoms with Crippen molar-refractivity contribution >= 4 is 16.1 Å². The normalized spacial score (nSPS) is 31.4. The van der Waals surface area contributed by atoms with E-state index in [4.69, 9.17) is 0 Å². The quantitative estimate of drug-likeness (QED) is 0.681. The van der Waals surface area contributed by atoms with Crippen LogP contribution in [0.25, 0.3) is 0 Å². The lowest BCUT2D eigenvalue weighted by molar-refractivity contribution is 0.0800. The molecule has 2 bridgehead atoms. The van der Waals surface area contributed by atoms with Crippen molar-refractivity contribution < 1.29 is 13.2 Å². The monoisotopic (exact) mass is 502 g/mol. The Kier molecular flexibility index (Phi) is 6.92. The topological polar surface area (TPSA) is 73.0 Å². The Morgan fingerprint density at radius 2 is 1.49 bits per heavy atom. The minimum atomic E-state index is -3.12. The molecule has 4 aliphatic rings. The second-order valence-electron chi connectivity index (χ2n) is 11.6. The highest BCUT2D eigenvalue weighted by atomic mass is 32.2. The molecule has 7 nitrogen and oxygen atoms in total. The van der Waals surface area contributed by atoms with Crippen molar-refractivity contribution in [3.05, 3.63) is 35.4 Å². The van der Waals surface area contributed by atoms with Gasteiger partial charge in [-0.1, -0.05) is 24.3 Å². The van der Waals surface area contributed by atoms with Crippen LogP contribution in [0.3, 0.4) is 0 Å². The van der Waals surface area contributed by atoms with E-state index in [0.717, 1.165) is 77.3 Å². The maximum absolute atomic E-state index is 12.4. The lowest BCUT2D eigenvalue weighted by Crippen LogP contribution is -2.51. The van der Waals surface area contributed by atoms with Crippen LogP contribution < -0.4 is 5.32 Å². The SMILES string of the molecule is CN(C)C(=O)N[C@@H]1CCC2(CCN(C3CCC4CCC(CC3)N4S(C)(=O)=O)CC2)c2ccccc21. The van der Waals surface area contributed by atoms with Crippen molar-refractivity contribution in [3.63, 3.8) is 0 Å². The summed E-state index contributed by atoms with van der Waals surface area (Å²) >= 11 is 0. The second kappa shape index (κ2) is 9.67. The number of likely N-dealkylation sites (tertiary alicyclic amines) is 1. The molecule has 1 spiro atoms. The van der Waals surface area contributed by atoms with Crippen molar-refractivity contribution in [1.82, 2.24) is 19.4 Å². The Labute approximate surface area is 211 Å². The summed E-state index contributed by atoms with van der Waals surface area (Å²) in [4.78, 5) is 16.7. The Morgan fingerprint density at radius 3 is 2.06 bits per heavy atom. The molecule has 3 fully saturated rings. The number of hydrogen-bond donors (Lipinski definition) is 1. The van der Waals surface area contributed by atoms with Gasteiger partial charge in [0.2, 0.25) is 10.0 Å². The molecule has 194 valence electrons. The number of benzene rings is 1. The second-order valence-corrected chi connectivity index (χ2v) is 13.5. The van der Waals surface area contributed by atoms with Gasteiger partial charge in [-0.05, 0) is 93.8 Å². The summed E-state index contributed by atoms with van der Waals surface area (Å²) in [5.74, 6) is 0. The van der Waals surface area contributed by atoms with Gasteiger partial charge in [0, 0.05) is 32.2 Å². The summed E-state index contributed by atoms with van der Waals surface area (Å²) in [7, 11) is 0.468. The molecule has 2 amide bonds. The first-order chi connectivity index (χ1) is 16.7. The van der Waals surface area contributed by atoms with Crippen LogP contribution in [0.15, 0.2) is 24.3 Å². The molecule has 3 saturated heterocycles. The number of hydrogen-bond acceptors (Lipinski definition) is 4. The number of rotatable bonds is 3. The molecule has 8 heteroatoms. The molecule has 1 aromatic rings. The Morgan fingerprint density at radius 1 is 0.914 bits per heavy atom. The number of sulfonamides is 1. The van der Waals surface area contributed by atoms with Gasteiger partial charge in [0.25, 0.3) is 0 Å². The summed E-state index contributed by atoms with van der Waals surface area (Å²) in [6, 6.07) is 9.80. The molecule has 3 aliphatic heterocycles. The van der Waals surface area contributed by atoms with Gasteiger partial charge in [-0.15, -0.1) is 0 Å². The minimum Gasteiger partial charge on any atom is -0.331 e. The molecule has 2 unspecified atom stereocenters. The predicted octanol–water partition coefficient (Wildman–Crippen LogP) is 3.86. The van der Waals surface area contributed by atoms with Gasteiger partial charge in [-0.3, -0.25) is 0 Å². The molecular weight excluding hydrogens is 460 g/mol. The smallest absolute Gasteiger partial charge is 0.317 e. The highest BCUT2D eigenvalue weighted by Gasteiger charge is 2.45. The number of fused-ring (bicyclic) bond motifs is 4. The average Bonchev–Trinajstić information content (AvgIpc) is 3.27. The largest absolute Gasteiger partial charge is 0.331 e. The predicted molar refractivity (Wildman–Crippen MR) is 139 cm³/mol. The zero-order valence-corrected chi connectivity index (χ0v) is 22.4. The highest BCUT2D eigenvalue weighted by Crippen LogP contribution is 2.48. The number of nitrogens with zero attached hydrogens (tertiary/aromatic N) is 3. The van der Waals surface area contributed by atoms with Gasteiger partial charge in [0.15, 0.2) is 0 Å². The van der Waals surface area contributed by atoms with Gasteiger partial charge in [-0.2, -0.15) is 4.31 Å². The van der Waals surface area contributed by atoms with Crippen molar-refractivity contribution in [2.45, 2.75) is 93.8 Å². The zero-order valence-electron chi connectivity index (χ0n) is 21.6. The third kappa shape index (κ3) is 4.86. The number of urea groups is 1. The standard InChI is InChI=1S/C27H42N4O3S/c1-29(2)26(32)28-25-14-15-27(24-7-5-4-6-23(24)25)16-18-30(19-17-27)20-8-10-21-12-13-22(11-9-20)31(21)35(3,33)34/h4-7,20-22,25H,8-19H2,1-3H3,(H,28,32)/t20?,21?,22?,25-/m1/s1. The Balaban J connectivity index is 1.26. The van der Waals surface area contributed by atoms with Gasteiger partial charge < -0.3 is 15.1 Å². The number of nitrogens with one attached hydrogen (secondary N) is 1. The van der Waals surface area contributed by atoms with Crippen LogP contribution >= 0.6 is 0 Å². The van der Waals surface area contributed by atoms with E-state index in [1.54, 1.807) is 19.0 Å². The van der Waals surface area contributed by atoms with Crippen LogP contribution in [0.5, 0.6) is 0 Å². The lowest BCUT2D eigenvalue weighted by atomic mass is 9.63. The summed E-state index contributed by atoms with van der Waals surface area (Å²) in [6.45, 7) is 2.22. The first-order valence-electron chi connectivity index (χ1n) is 13.5. The molecule has 35 heavy (non-hydrogen) atoms. The summed E-state index contributed by atoms with van der Waals surface area (Å²) in [5.41, 5.74) is 2.94. The molecule has 1 N–H and O–H groups in total. The van der Waals surface area contributed by atoms with E-state index in [1.807, 2.05) is 4.31 Å². The van der Waals surface area contributed by atoms with Crippen LogP contribution in [0, 0.1) is 0 Å². The van der Waals surface area contributed by atoms with Crippen molar-refractivity contribution in [2.75, 3.05) is 33.4 Å². The van der Waals surface area contributed by atoms with Crippen LogP contribution in [-0.2, 0) is 15.4 Å². The van der Waals surface area contributed by atoms with E-state index in [2.05, 4.69) is 34.5 Å². The van der Waals surface area contributed by atoms with E-state index in [-0.39, 0.29) is 29.6 Å². The molecule has 3 heterocycles. The van der Waals surface area contributed by atoms with Gasteiger partial charge in [-0.25, -0.2) is 13.2 Å². The van der Waals surface area contributed by atoms with Gasteiger partial charge in [0.1, 0.15) is 0 Å². The van der Waals surface area contributed by atoms with E-state index in [1.165, 1.54) is 17.4 Å². The van der Waals surface area contributed by atoms with Crippen LogP contribution in [0.1, 0.15) is 81.4 Å². The van der Waals surface area contributed by atoms with Crippen molar-refractivity contribution in [2.24, 2.45) is 0 Å². The van der Waals surface area contributed by atoms with Crippen molar-refractivity contribution in [1.29, 1.82) is 0 Å². The third-order valence-corrected chi connectivity index (χ3v) is 10.8. The average molecular weight is 503 g/mol. The Hall–Kier alpha value is -1.64. The molecule has 0 aromatic heterocycles. The van der Waals surface area contributed by atoms with E-state index in [9.17, 15) is 13.2 Å². The van der Waals surface area contributed by atoms with E-state index >= 15 is 0 Å². The molecule has 0 saturated carbocycles. The molecule has 3 atom stereocenters. The zero-order chi connectivity index (χ0) is 24.8. The van der Waals surface area contributed by atoms with Crippen LogP contribution in [-0.4, -0.2) is 80.1 Å². The maximum atomic E-state index is 12.4. The highest BCUT2D eigenvalue weighted by molar-refractivity contribution is 7.88. The number of piperidine rings is 1. The fourth-order valence-electron chi connectivity index (χ4n) is 7.56. The van der Waals surface area contributed by atoms with Crippen LogP contribution in [0.4, 0.5) is 4.79 Å². The number of carbonyl (C=O) groups excluding carboxylic acids is 1. The molecule has 1 aliphatic carbocycles. The maximum Gasteiger partial charge on any atom is 0.317 e. The fraction of sp³-hybridized carbons (Fsp3) is 0.741. The van der Waals surface area contributed by atoms with E-state index < -0.39 is 10.0 Å². The fourth-order valence-corrected chi connectivity index (χ4v) is 9.07. The molecule has 1 aromatic carbocycles. The lowest BCUT2D eigenvalue weighted by Gasteiger charge is -2.49. The summed E-state index contributed by atoms with van der Waals surface area (Å²) < 4.78 is 26.6. The van der Waals surface area contributed by atoms with Crippen molar-refractivity contribution in [3.8, 4) is 0 Å². The van der Waals surface area contributed by atoms with Crippen LogP contribution in [0.2, 0.25) is 0 Å². The minimum absolute atomic E-state index is 0.0248. The van der Waals surface area contributed by atoms with Gasteiger partial charge in [0.05, 0.1) is 12.3 Å². The van der Waals surface area contributed by atoms with E-state index in [0.29, 0.717) is 6.04 Å². The number of amides is 2.